The van der Waals surface area contributed by atoms with Crippen LogP contribution in [0.3, 0.4) is 0 Å². The van der Waals surface area contributed by atoms with Crippen molar-refractivity contribution in [2.75, 3.05) is 11.9 Å². The smallest absolute Gasteiger partial charge is 0.292 e. The first-order chi connectivity index (χ1) is 10.0. The summed E-state index contributed by atoms with van der Waals surface area (Å²) in [6.07, 6.45) is 2.86. The largest absolute Gasteiger partial charge is 0.432 e. The quantitative estimate of drug-likeness (QED) is 0.286. The highest BCUT2D eigenvalue weighted by molar-refractivity contribution is 9.10. The van der Waals surface area contributed by atoms with Crippen LogP contribution in [0.2, 0.25) is 18.1 Å². The third-order valence-electron chi connectivity index (χ3n) is 4.36. The molecule has 0 amide bonds. The molecule has 0 saturated heterocycles. The minimum atomic E-state index is -2.16. The second-order valence-corrected chi connectivity index (χ2v) is 12.1. The Balaban J connectivity index is 2.49. The van der Waals surface area contributed by atoms with E-state index in [2.05, 4.69) is 35.1 Å². The molecule has 0 heterocycles. The van der Waals surface area contributed by atoms with Gasteiger partial charge in [-0.2, -0.15) is 0 Å². The highest BCUT2D eigenvalue weighted by atomic mass is 79.9. The average Bonchev–Trinajstić information content (AvgIpc) is 2.36. The van der Waals surface area contributed by atoms with Crippen LogP contribution in [-0.4, -0.2) is 24.6 Å². The summed E-state index contributed by atoms with van der Waals surface area (Å²) in [6.45, 7) is 8.85. The van der Waals surface area contributed by atoms with Crippen LogP contribution in [0.25, 0.3) is 0 Å². The van der Waals surface area contributed by atoms with Crippen LogP contribution < -0.4 is 5.32 Å². The van der Waals surface area contributed by atoms with Gasteiger partial charge in [-0.3, -0.25) is 10.1 Å². The number of hydrogen-bond donors (Lipinski definition) is 2. The van der Waals surface area contributed by atoms with Crippen LogP contribution in [0, 0.1) is 10.1 Å². The van der Waals surface area contributed by atoms with Crippen molar-refractivity contribution >= 4 is 35.6 Å². The van der Waals surface area contributed by atoms with Crippen LogP contribution in [0.15, 0.2) is 22.7 Å². The second-order valence-electron chi connectivity index (χ2n) is 6.75. The molecule has 124 valence electrons. The van der Waals surface area contributed by atoms with Crippen molar-refractivity contribution in [3.05, 3.63) is 32.8 Å². The number of unbranched alkanes of at least 4 members (excludes halogenated alkanes) is 1. The zero-order valence-corrected chi connectivity index (χ0v) is 16.2. The summed E-state index contributed by atoms with van der Waals surface area (Å²) < 4.78 is 0.815. The number of hydrogen-bond acceptors (Lipinski definition) is 4. The fourth-order valence-corrected chi connectivity index (χ4v) is 3.18. The summed E-state index contributed by atoms with van der Waals surface area (Å²) in [5.41, 5.74) is 0.628. The summed E-state index contributed by atoms with van der Waals surface area (Å²) in [5.74, 6) is 0. The predicted octanol–water partition coefficient (Wildman–Crippen LogP) is 4.92. The second kappa shape index (κ2) is 7.57. The molecule has 0 spiro atoms. The van der Waals surface area contributed by atoms with E-state index >= 15 is 0 Å². The Morgan fingerprint density at radius 1 is 1.36 bits per heavy atom. The van der Waals surface area contributed by atoms with Gasteiger partial charge in [0.15, 0.2) is 8.32 Å². The molecule has 0 atom stereocenters. The van der Waals surface area contributed by atoms with Crippen LogP contribution in [-0.2, 0) is 0 Å². The molecule has 0 aromatic heterocycles. The van der Waals surface area contributed by atoms with Gasteiger partial charge in [0, 0.05) is 17.1 Å². The molecule has 0 aliphatic heterocycles. The molecule has 5 nitrogen and oxygen atoms in total. The minimum absolute atomic E-state index is 0.0191. The Hall–Kier alpha value is -0.923. The lowest BCUT2D eigenvalue weighted by atomic mass is 10.1. The van der Waals surface area contributed by atoms with Crippen molar-refractivity contribution in [3.8, 4) is 0 Å². The first-order valence-corrected chi connectivity index (χ1v) is 11.2. The molecule has 0 fully saturated rings. The number of halogens is 1. The van der Waals surface area contributed by atoms with Crippen molar-refractivity contribution in [2.45, 2.75) is 51.2 Å². The molecule has 0 unspecified atom stereocenters. The first-order valence-electron chi connectivity index (χ1n) is 7.45. The molecule has 1 aromatic rings. The SMILES string of the molecule is CC(C)(CCCCNc1cc(Br)ccc1[N+](=O)[O-])[Si](C)(C)O. The maximum Gasteiger partial charge on any atom is 0.292 e. The molecular weight excluding hydrogens is 364 g/mol. The van der Waals surface area contributed by atoms with Gasteiger partial charge in [0.1, 0.15) is 5.69 Å². The number of nitrogens with zero attached hydrogens (tertiary/aromatic N) is 1. The standard InChI is InChI=1S/C15H25BrN2O3Si/c1-15(2,22(3,4)21)9-5-6-10-17-13-11-12(16)7-8-14(13)18(19)20/h7-8,11,17,21H,5-6,9-10H2,1-4H3. The third kappa shape index (κ3) is 5.37. The molecule has 0 aliphatic rings. The van der Waals surface area contributed by atoms with Crippen LogP contribution in [0.1, 0.15) is 33.1 Å². The Morgan fingerprint density at radius 3 is 2.55 bits per heavy atom. The minimum Gasteiger partial charge on any atom is -0.432 e. The van der Waals surface area contributed by atoms with E-state index in [9.17, 15) is 14.9 Å². The number of rotatable bonds is 8. The van der Waals surface area contributed by atoms with Gasteiger partial charge in [-0.15, -0.1) is 0 Å². The number of benzene rings is 1. The van der Waals surface area contributed by atoms with Gasteiger partial charge in [-0.25, -0.2) is 0 Å². The highest BCUT2D eigenvalue weighted by Crippen LogP contribution is 2.40. The van der Waals surface area contributed by atoms with Crippen LogP contribution in [0.4, 0.5) is 11.4 Å². The van der Waals surface area contributed by atoms with Gasteiger partial charge in [-0.1, -0.05) is 36.2 Å². The van der Waals surface area contributed by atoms with Crippen molar-refractivity contribution in [1.29, 1.82) is 0 Å². The third-order valence-corrected chi connectivity index (χ3v) is 8.41. The zero-order chi connectivity index (χ0) is 17.0. The van der Waals surface area contributed by atoms with E-state index < -0.39 is 8.32 Å². The fourth-order valence-electron chi connectivity index (χ4n) is 2.03. The maximum atomic E-state index is 11.0. The normalized spacial score (nSPS) is 12.3. The molecule has 1 aromatic carbocycles. The Labute approximate surface area is 141 Å². The van der Waals surface area contributed by atoms with Gasteiger partial charge in [0.05, 0.1) is 4.92 Å². The monoisotopic (exact) mass is 388 g/mol. The average molecular weight is 389 g/mol. The van der Waals surface area contributed by atoms with Crippen molar-refractivity contribution in [1.82, 2.24) is 0 Å². The van der Waals surface area contributed by atoms with E-state index in [1.54, 1.807) is 12.1 Å². The Morgan fingerprint density at radius 2 is 2.00 bits per heavy atom. The number of nitro benzene ring substituents is 1. The van der Waals surface area contributed by atoms with Gasteiger partial charge >= 0.3 is 0 Å². The van der Waals surface area contributed by atoms with Crippen molar-refractivity contribution < 1.29 is 9.72 Å². The molecule has 2 N–H and O–H groups in total. The molecule has 7 heteroatoms. The summed E-state index contributed by atoms with van der Waals surface area (Å²) >= 11 is 3.33. The summed E-state index contributed by atoms with van der Waals surface area (Å²) in [5, 5.41) is 14.1. The maximum absolute atomic E-state index is 11.0. The molecule has 22 heavy (non-hydrogen) atoms. The molecule has 0 saturated carbocycles. The van der Waals surface area contributed by atoms with Gasteiger partial charge in [0.2, 0.25) is 0 Å². The predicted molar refractivity (Wildman–Crippen MR) is 96.9 cm³/mol. The number of anilines is 1. The topological polar surface area (TPSA) is 75.4 Å². The van der Waals surface area contributed by atoms with Crippen LogP contribution in [0.5, 0.6) is 0 Å². The molecule has 0 bridgehead atoms. The number of nitrogens with one attached hydrogen (secondary N) is 1. The zero-order valence-electron chi connectivity index (χ0n) is 13.6. The van der Waals surface area contributed by atoms with E-state index in [0.717, 1.165) is 23.7 Å². The lowest BCUT2D eigenvalue weighted by Gasteiger charge is -2.35. The van der Waals surface area contributed by atoms with E-state index in [-0.39, 0.29) is 15.6 Å². The molecule has 0 radical (unpaired) electrons. The van der Waals surface area contributed by atoms with Gasteiger partial charge in [-0.05, 0) is 43.1 Å². The number of nitro groups is 1. The lowest BCUT2D eigenvalue weighted by Crippen LogP contribution is -2.38. The first kappa shape index (κ1) is 19.1. The lowest BCUT2D eigenvalue weighted by molar-refractivity contribution is -0.384. The fraction of sp³-hybridized carbons (Fsp3) is 0.600. The summed E-state index contributed by atoms with van der Waals surface area (Å²) in [6, 6.07) is 4.89. The van der Waals surface area contributed by atoms with Gasteiger partial charge in [0.25, 0.3) is 5.69 Å². The Kier molecular flexibility index (Phi) is 6.58. The van der Waals surface area contributed by atoms with E-state index in [1.807, 2.05) is 13.1 Å². The van der Waals surface area contributed by atoms with E-state index in [1.165, 1.54) is 6.07 Å². The Bertz CT molecular complexity index is 530. The van der Waals surface area contributed by atoms with Crippen molar-refractivity contribution in [3.63, 3.8) is 0 Å². The van der Waals surface area contributed by atoms with E-state index in [4.69, 9.17) is 0 Å². The van der Waals surface area contributed by atoms with Crippen LogP contribution >= 0.6 is 15.9 Å². The highest BCUT2D eigenvalue weighted by Gasteiger charge is 2.37. The van der Waals surface area contributed by atoms with E-state index in [0.29, 0.717) is 12.2 Å². The molecular formula is C15H25BrN2O3Si. The summed E-state index contributed by atoms with van der Waals surface area (Å²) in [7, 11) is -2.16. The molecule has 1 rings (SSSR count). The van der Waals surface area contributed by atoms with Gasteiger partial charge < -0.3 is 10.1 Å². The molecule has 0 aliphatic carbocycles. The van der Waals surface area contributed by atoms with Crippen molar-refractivity contribution in [2.24, 2.45) is 0 Å². The summed E-state index contributed by atoms with van der Waals surface area (Å²) in [4.78, 5) is 20.9.